The van der Waals surface area contributed by atoms with Crippen LogP contribution in [0, 0.1) is 6.07 Å². The molecule has 2 aliphatic rings. The summed E-state index contributed by atoms with van der Waals surface area (Å²) >= 11 is -0.661. The average Bonchev–Trinajstić information content (AvgIpc) is 3.25. The molecule has 161 valence electrons. The lowest BCUT2D eigenvalue weighted by atomic mass is 10.1. The number of hydrogen-bond acceptors (Lipinski definition) is 5. The van der Waals surface area contributed by atoms with Crippen molar-refractivity contribution in [2.24, 2.45) is 0 Å². The van der Waals surface area contributed by atoms with Crippen molar-refractivity contribution in [1.82, 2.24) is 16.0 Å². The van der Waals surface area contributed by atoms with Gasteiger partial charge in [-0.25, -0.2) is 0 Å². The summed E-state index contributed by atoms with van der Waals surface area (Å²) in [5, 5.41) is 10.1. The molecule has 3 rings (SSSR count). The van der Waals surface area contributed by atoms with Gasteiger partial charge in [-0.15, -0.1) is 0 Å². The zero-order valence-electron chi connectivity index (χ0n) is 17.2. The van der Waals surface area contributed by atoms with E-state index in [1.165, 1.54) is 0 Å². The van der Waals surface area contributed by atoms with Crippen LogP contribution in [0.5, 0.6) is 5.75 Å². The van der Waals surface area contributed by atoms with Gasteiger partial charge in [0, 0.05) is 19.0 Å². The molecule has 1 aromatic carbocycles. The van der Waals surface area contributed by atoms with Crippen LogP contribution in [0.1, 0.15) is 51.4 Å². The van der Waals surface area contributed by atoms with Crippen LogP contribution in [0.4, 0.5) is 0 Å². The van der Waals surface area contributed by atoms with Gasteiger partial charge >= 0.3 is 0 Å². The second kappa shape index (κ2) is 12.4. The average molecular weight is 421 g/mol. The van der Waals surface area contributed by atoms with Gasteiger partial charge in [0.2, 0.25) is 5.91 Å². The molecule has 0 aliphatic carbocycles. The Hall–Kier alpha value is -1.28. The number of amides is 1. The van der Waals surface area contributed by atoms with Crippen molar-refractivity contribution in [3.05, 3.63) is 30.3 Å². The molecule has 3 N–H and O–H groups in total. The van der Waals surface area contributed by atoms with Crippen molar-refractivity contribution in [2.75, 3.05) is 24.7 Å². The third kappa shape index (κ3) is 8.16. The summed E-state index contributed by atoms with van der Waals surface area (Å²) in [6.45, 7) is 1.48. The number of hydrogen-bond donors (Lipinski definition) is 3. The van der Waals surface area contributed by atoms with E-state index in [0.717, 1.165) is 75.4 Å². The van der Waals surface area contributed by atoms with Crippen LogP contribution in [0.25, 0.3) is 0 Å². The normalized spacial score (nSPS) is 25.7. The number of carbonyl (C=O) groups is 1. The number of unbranched alkanes of at least 4 members (excludes halogenated alkanes) is 4. The van der Waals surface area contributed by atoms with Gasteiger partial charge in [0.25, 0.3) is 0 Å². The summed E-state index contributed by atoms with van der Waals surface area (Å²) in [6, 6.07) is 11.4. The predicted molar refractivity (Wildman–Crippen MR) is 116 cm³/mol. The second-order valence-electron chi connectivity index (χ2n) is 7.96. The summed E-state index contributed by atoms with van der Waals surface area (Å²) in [5.41, 5.74) is 0. The molecule has 2 aliphatic heterocycles. The Morgan fingerprint density at radius 1 is 1.14 bits per heavy atom. The van der Waals surface area contributed by atoms with Crippen molar-refractivity contribution in [3.8, 4) is 5.75 Å². The third-order valence-electron chi connectivity index (χ3n) is 5.53. The first-order valence-corrected chi connectivity index (χ1v) is 12.4. The second-order valence-corrected chi connectivity index (χ2v) is 9.50. The van der Waals surface area contributed by atoms with E-state index >= 15 is 0 Å². The van der Waals surface area contributed by atoms with Crippen LogP contribution in [-0.4, -0.2) is 53.4 Å². The Balaban J connectivity index is 1.09. The highest BCUT2D eigenvalue weighted by Gasteiger charge is 2.43. The number of ether oxygens (including phenoxy) is 1. The first-order valence-electron chi connectivity index (χ1n) is 10.9. The zero-order valence-corrected chi connectivity index (χ0v) is 18.0. The summed E-state index contributed by atoms with van der Waals surface area (Å²) < 4.78 is 17.1. The Labute approximate surface area is 177 Å². The van der Waals surface area contributed by atoms with Crippen LogP contribution in [0.15, 0.2) is 24.3 Å². The first-order chi connectivity index (χ1) is 14.2. The SMILES string of the molecule is O=C(CCCCC1NC2C[S+]([O-])CC2N1)NCCCCCCOc1[c]cccc1. The largest absolute Gasteiger partial charge is 0.616 e. The van der Waals surface area contributed by atoms with Crippen LogP contribution >= 0.6 is 0 Å². The van der Waals surface area contributed by atoms with Gasteiger partial charge in [0.1, 0.15) is 17.3 Å². The van der Waals surface area contributed by atoms with Crippen molar-refractivity contribution < 1.29 is 14.1 Å². The number of nitrogens with one attached hydrogen (secondary N) is 3. The highest BCUT2D eigenvalue weighted by molar-refractivity contribution is 7.91. The molecule has 2 saturated heterocycles. The number of para-hydroxylation sites is 1. The fraction of sp³-hybridized carbons (Fsp3) is 0.682. The van der Waals surface area contributed by atoms with E-state index in [2.05, 4.69) is 22.0 Å². The quantitative estimate of drug-likeness (QED) is 0.336. The minimum absolute atomic E-state index is 0.160. The molecule has 1 amide bonds. The molecule has 6 nitrogen and oxygen atoms in total. The lowest BCUT2D eigenvalue weighted by Crippen LogP contribution is -2.36. The molecule has 2 atom stereocenters. The van der Waals surface area contributed by atoms with Gasteiger partial charge in [0.15, 0.2) is 0 Å². The monoisotopic (exact) mass is 420 g/mol. The zero-order chi connectivity index (χ0) is 20.3. The van der Waals surface area contributed by atoms with Crippen LogP contribution in [0.3, 0.4) is 0 Å². The van der Waals surface area contributed by atoms with Crippen molar-refractivity contribution >= 4 is 17.1 Å². The third-order valence-corrected chi connectivity index (χ3v) is 6.99. The van der Waals surface area contributed by atoms with E-state index in [1.807, 2.05) is 24.3 Å². The Morgan fingerprint density at radius 3 is 2.69 bits per heavy atom. The Bertz CT molecular complexity index is 590. The van der Waals surface area contributed by atoms with Gasteiger partial charge < -0.3 is 14.6 Å². The molecule has 2 heterocycles. The van der Waals surface area contributed by atoms with Crippen molar-refractivity contribution in [1.29, 1.82) is 0 Å². The van der Waals surface area contributed by atoms with Crippen LogP contribution in [0.2, 0.25) is 0 Å². The van der Waals surface area contributed by atoms with E-state index in [1.54, 1.807) is 0 Å². The van der Waals surface area contributed by atoms with E-state index in [0.29, 0.717) is 24.7 Å². The summed E-state index contributed by atoms with van der Waals surface area (Å²) in [7, 11) is 0. The fourth-order valence-corrected chi connectivity index (χ4v) is 5.53. The molecule has 2 fully saturated rings. The van der Waals surface area contributed by atoms with Gasteiger partial charge in [-0.1, -0.05) is 48.6 Å². The molecule has 1 radical (unpaired) electrons. The van der Waals surface area contributed by atoms with Crippen LogP contribution in [-0.2, 0) is 16.0 Å². The lowest BCUT2D eigenvalue weighted by molar-refractivity contribution is -0.121. The Kier molecular flexibility index (Phi) is 9.60. The molecular weight excluding hydrogens is 386 g/mol. The van der Waals surface area contributed by atoms with E-state index < -0.39 is 11.2 Å². The van der Waals surface area contributed by atoms with Crippen LogP contribution < -0.4 is 20.7 Å². The van der Waals surface area contributed by atoms with E-state index in [4.69, 9.17) is 4.74 Å². The molecule has 7 heteroatoms. The highest BCUT2D eigenvalue weighted by Crippen LogP contribution is 2.20. The van der Waals surface area contributed by atoms with Gasteiger partial charge in [-0.05, 0) is 31.7 Å². The number of benzene rings is 1. The van der Waals surface area contributed by atoms with Gasteiger partial charge in [0.05, 0.1) is 24.9 Å². The maximum Gasteiger partial charge on any atom is 0.219 e. The highest BCUT2D eigenvalue weighted by atomic mass is 32.2. The molecule has 0 saturated carbocycles. The summed E-state index contributed by atoms with van der Waals surface area (Å²) in [5.74, 6) is 2.51. The predicted octanol–water partition coefficient (Wildman–Crippen LogP) is 2.12. The summed E-state index contributed by atoms with van der Waals surface area (Å²) in [6.07, 6.45) is 8.14. The minimum Gasteiger partial charge on any atom is -0.616 e. The lowest BCUT2D eigenvalue weighted by Gasteiger charge is -2.14. The number of carbonyl (C=O) groups excluding carboxylic acids is 1. The molecule has 2 unspecified atom stereocenters. The minimum atomic E-state index is -0.661. The van der Waals surface area contributed by atoms with E-state index in [9.17, 15) is 9.35 Å². The fourth-order valence-electron chi connectivity index (χ4n) is 3.94. The maximum atomic E-state index is 11.9. The van der Waals surface area contributed by atoms with Gasteiger partial charge in [-0.2, -0.15) is 0 Å². The molecule has 0 spiro atoms. The summed E-state index contributed by atoms with van der Waals surface area (Å²) in [4.78, 5) is 11.9. The molecular formula is C22H34N3O3S. The molecule has 29 heavy (non-hydrogen) atoms. The topological polar surface area (TPSA) is 85.5 Å². The van der Waals surface area contributed by atoms with Crippen molar-refractivity contribution in [2.45, 2.75) is 69.6 Å². The molecule has 0 bridgehead atoms. The first kappa shape index (κ1) is 22.4. The molecule has 0 aromatic heterocycles. The standard InChI is InChI=1S/C22H34N3O3S/c26-22(13-7-6-12-21-24-19-16-29(27)17-20(19)25-21)23-14-8-1-2-9-15-28-18-10-4-3-5-11-18/h3-5,10,19-21,24-25H,1-2,6-9,12-17H2,(H,23,26). The smallest absolute Gasteiger partial charge is 0.219 e. The maximum absolute atomic E-state index is 11.9. The van der Waals surface area contributed by atoms with Crippen molar-refractivity contribution in [3.63, 3.8) is 0 Å². The Morgan fingerprint density at radius 2 is 1.93 bits per heavy atom. The van der Waals surface area contributed by atoms with Gasteiger partial charge in [-0.3, -0.25) is 15.4 Å². The van der Waals surface area contributed by atoms with E-state index in [-0.39, 0.29) is 5.91 Å². The number of fused-ring (bicyclic) bond motifs is 1. The molecule has 1 aromatic rings. The number of rotatable bonds is 13.